The summed E-state index contributed by atoms with van der Waals surface area (Å²) >= 11 is 0. The molecule has 0 aromatic heterocycles. The van der Waals surface area contributed by atoms with Crippen LogP contribution in [0.15, 0.2) is 48.5 Å². The van der Waals surface area contributed by atoms with Gasteiger partial charge in [0.05, 0.1) is 0 Å². The topological polar surface area (TPSA) is 76.2 Å². The summed E-state index contributed by atoms with van der Waals surface area (Å²) in [6.07, 6.45) is -0.467. The maximum absolute atomic E-state index is 14.0. The Balaban J connectivity index is 1.26. The lowest BCUT2D eigenvalue weighted by Gasteiger charge is -2.36. The third-order valence-electron chi connectivity index (χ3n) is 8.25. The standard InChI is InChI=1S/C29H30BF4N2O5S/c1-18-25(19(2)28(41-42(34,38)39)20(3)27(18)30(31,32)33)16-35-12-14-36(15-13-35)29(37)40-17-26-23-10-6-4-8-21(23)22-9-5-7-11-24(22)26/h4-11,26H,12-17H2,1-3H3/q-1. The summed E-state index contributed by atoms with van der Waals surface area (Å²) in [5.41, 5.74) is 3.26. The summed E-state index contributed by atoms with van der Waals surface area (Å²) in [4.78, 5) is 16.4. The second kappa shape index (κ2) is 11.3. The van der Waals surface area contributed by atoms with Crippen molar-refractivity contribution in [2.45, 2.75) is 33.2 Å². The van der Waals surface area contributed by atoms with Gasteiger partial charge in [-0.05, 0) is 59.7 Å². The van der Waals surface area contributed by atoms with Crippen LogP contribution >= 0.6 is 0 Å². The molecule has 1 fully saturated rings. The maximum atomic E-state index is 14.0. The molecule has 5 rings (SSSR count). The Bertz CT molecular complexity index is 1590. The summed E-state index contributed by atoms with van der Waals surface area (Å²) in [5.74, 6) is -0.728. The lowest BCUT2D eigenvalue weighted by Crippen LogP contribution is -2.49. The predicted molar refractivity (Wildman–Crippen MR) is 152 cm³/mol. The first-order valence-corrected chi connectivity index (χ1v) is 14.9. The van der Waals surface area contributed by atoms with Gasteiger partial charge in [0.25, 0.3) is 0 Å². The molecule has 0 atom stereocenters. The van der Waals surface area contributed by atoms with Crippen molar-refractivity contribution in [1.29, 1.82) is 0 Å². The summed E-state index contributed by atoms with van der Waals surface area (Å²) in [6.45, 7) is -0.236. The summed E-state index contributed by atoms with van der Waals surface area (Å²) < 4.78 is 87.9. The number of carbonyl (C=O) groups excluding carboxylic acids is 1. The molecule has 3 aromatic rings. The Morgan fingerprint density at radius 2 is 1.43 bits per heavy atom. The SMILES string of the molecule is Cc1c(CN2CCN(C(=O)OCC3c4ccccc4-c4ccccc43)CC2)c(C)c([B-](F)(F)F)c(C)c1OS(=O)(=O)F. The molecule has 7 nitrogen and oxygen atoms in total. The van der Waals surface area contributed by atoms with Gasteiger partial charge < -0.3 is 26.8 Å². The molecule has 1 aliphatic carbocycles. The van der Waals surface area contributed by atoms with E-state index in [4.69, 9.17) is 4.74 Å². The first-order valence-electron chi connectivity index (χ1n) is 13.5. The van der Waals surface area contributed by atoms with Crippen LogP contribution in [0.3, 0.4) is 0 Å². The van der Waals surface area contributed by atoms with E-state index in [1.54, 1.807) is 4.90 Å². The van der Waals surface area contributed by atoms with Crippen LogP contribution in [0.4, 0.5) is 21.6 Å². The van der Waals surface area contributed by atoms with E-state index in [-0.39, 0.29) is 35.8 Å². The van der Waals surface area contributed by atoms with Crippen molar-refractivity contribution in [1.82, 2.24) is 9.80 Å². The fraction of sp³-hybridized carbons (Fsp3) is 0.345. The van der Waals surface area contributed by atoms with Gasteiger partial charge in [0.1, 0.15) is 12.4 Å². The van der Waals surface area contributed by atoms with Gasteiger partial charge in [0.15, 0.2) is 0 Å². The molecule has 13 heteroatoms. The number of benzene rings is 3. The normalized spacial score (nSPS) is 15.8. The number of halogens is 4. The minimum atomic E-state index is -5.54. The molecule has 224 valence electrons. The molecule has 1 saturated heterocycles. The Kier molecular flexibility index (Phi) is 8.01. The number of ether oxygens (including phenoxy) is 1. The van der Waals surface area contributed by atoms with Gasteiger partial charge in [0, 0.05) is 38.6 Å². The number of amides is 1. The van der Waals surface area contributed by atoms with Crippen molar-refractivity contribution in [2.24, 2.45) is 0 Å². The predicted octanol–water partition coefficient (Wildman–Crippen LogP) is 5.33. The fourth-order valence-electron chi connectivity index (χ4n) is 6.22. The Labute approximate surface area is 242 Å². The zero-order chi connectivity index (χ0) is 30.4. The molecule has 1 heterocycles. The number of fused-ring (bicyclic) bond motifs is 3. The number of hydrogen-bond acceptors (Lipinski definition) is 6. The molecule has 1 amide bonds. The summed E-state index contributed by atoms with van der Waals surface area (Å²) in [7, 11) is -5.54. The molecular formula is C29H30BF4N2O5S-. The number of rotatable bonds is 7. The van der Waals surface area contributed by atoms with Crippen molar-refractivity contribution in [3.63, 3.8) is 0 Å². The zero-order valence-corrected chi connectivity index (χ0v) is 24.2. The van der Waals surface area contributed by atoms with Gasteiger partial charge in [0.2, 0.25) is 0 Å². The van der Waals surface area contributed by atoms with E-state index in [1.165, 1.54) is 13.8 Å². The van der Waals surface area contributed by atoms with Crippen LogP contribution in [0.5, 0.6) is 5.75 Å². The van der Waals surface area contributed by atoms with Crippen molar-refractivity contribution in [3.8, 4) is 16.9 Å². The Morgan fingerprint density at radius 1 is 0.881 bits per heavy atom. The van der Waals surface area contributed by atoms with Crippen LogP contribution in [-0.2, 0) is 21.8 Å². The van der Waals surface area contributed by atoms with E-state index < -0.39 is 40.4 Å². The van der Waals surface area contributed by atoms with E-state index in [1.807, 2.05) is 41.3 Å². The molecule has 42 heavy (non-hydrogen) atoms. The Morgan fingerprint density at radius 3 is 1.95 bits per heavy atom. The highest BCUT2D eigenvalue weighted by Gasteiger charge is 2.35. The van der Waals surface area contributed by atoms with Gasteiger partial charge >= 0.3 is 23.6 Å². The van der Waals surface area contributed by atoms with E-state index in [0.29, 0.717) is 26.2 Å². The molecule has 0 unspecified atom stereocenters. The highest BCUT2D eigenvalue weighted by Crippen LogP contribution is 2.44. The highest BCUT2D eigenvalue weighted by molar-refractivity contribution is 7.81. The number of carbonyl (C=O) groups is 1. The average molecular weight is 605 g/mol. The molecule has 0 N–H and O–H groups in total. The van der Waals surface area contributed by atoms with Gasteiger partial charge in [-0.25, -0.2) is 4.79 Å². The molecule has 0 spiro atoms. The van der Waals surface area contributed by atoms with Crippen molar-refractivity contribution >= 4 is 29.0 Å². The lowest BCUT2D eigenvalue weighted by molar-refractivity contribution is 0.0727. The molecule has 2 aliphatic rings. The second-order valence-electron chi connectivity index (χ2n) is 10.7. The summed E-state index contributed by atoms with van der Waals surface area (Å²) in [6, 6.07) is 16.0. The van der Waals surface area contributed by atoms with E-state index >= 15 is 0 Å². The largest absolute Gasteiger partial charge is 0.510 e. The van der Waals surface area contributed by atoms with Gasteiger partial charge in [-0.2, -0.15) is 8.42 Å². The molecular weight excluding hydrogens is 575 g/mol. The molecule has 3 aromatic carbocycles. The van der Waals surface area contributed by atoms with Crippen LogP contribution < -0.4 is 9.65 Å². The average Bonchev–Trinajstić information content (AvgIpc) is 3.25. The maximum Gasteiger partial charge on any atom is 0.510 e. The third kappa shape index (κ3) is 5.85. The minimum absolute atomic E-state index is 0.0400. The molecule has 0 bridgehead atoms. The highest BCUT2D eigenvalue weighted by atomic mass is 32.3. The first-order chi connectivity index (χ1) is 19.8. The van der Waals surface area contributed by atoms with Crippen LogP contribution in [0, 0.1) is 20.8 Å². The molecule has 0 saturated carbocycles. The molecule has 0 radical (unpaired) electrons. The number of nitrogens with zero attached hydrogens (tertiary/aromatic N) is 2. The van der Waals surface area contributed by atoms with Crippen molar-refractivity contribution in [3.05, 3.63) is 81.9 Å². The number of piperazine rings is 1. The van der Waals surface area contributed by atoms with E-state index in [0.717, 1.165) is 29.2 Å². The monoisotopic (exact) mass is 605 g/mol. The van der Waals surface area contributed by atoms with Crippen LogP contribution in [0.2, 0.25) is 0 Å². The van der Waals surface area contributed by atoms with Gasteiger partial charge in [-0.1, -0.05) is 63.4 Å². The van der Waals surface area contributed by atoms with Crippen LogP contribution in [-0.4, -0.2) is 64.1 Å². The number of hydrogen-bond donors (Lipinski definition) is 0. The quantitative estimate of drug-likeness (QED) is 0.206. The Hall–Kier alpha value is -3.58. The smallest absolute Gasteiger partial charge is 0.448 e. The van der Waals surface area contributed by atoms with Gasteiger partial charge in [-0.3, -0.25) is 4.90 Å². The third-order valence-corrected chi connectivity index (χ3v) is 8.62. The van der Waals surface area contributed by atoms with Crippen molar-refractivity contribution < 1.29 is 39.0 Å². The zero-order valence-electron chi connectivity index (χ0n) is 23.4. The summed E-state index contributed by atoms with van der Waals surface area (Å²) in [5, 5.41) is 0. The second-order valence-corrected chi connectivity index (χ2v) is 11.7. The van der Waals surface area contributed by atoms with Gasteiger partial charge in [-0.15, -0.1) is 0 Å². The van der Waals surface area contributed by atoms with Crippen molar-refractivity contribution in [2.75, 3.05) is 32.8 Å². The van der Waals surface area contributed by atoms with Crippen LogP contribution in [0.1, 0.15) is 39.3 Å². The molecule has 1 aliphatic heterocycles. The minimum Gasteiger partial charge on any atom is -0.448 e. The lowest BCUT2D eigenvalue weighted by atomic mass is 9.71. The van der Waals surface area contributed by atoms with E-state index in [9.17, 15) is 30.0 Å². The first kappa shape index (κ1) is 29.9. The fourth-order valence-corrected chi connectivity index (χ4v) is 6.66. The van der Waals surface area contributed by atoms with E-state index in [2.05, 4.69) is 16.3 Å². The van der Waals surface area contributed by atoms with Crippen LogP contribution in [0.25, 0.3) is 11.1 Å².